The molecular formula is C14H15Cl2NO2. The van der Waals surface area contributed by atoms with Crippen LogP contribution < -0.4 is 4.74 Å². The molecule has 1 aliphatic rings. The standard InChI is InChI=1S/C14H15Cl2NO2/c1-17-4-3-13(18)10(8-17)5-9-6-11(15)14(19-2)12(16)7-9/h5-7H,3-4,8H2,1-2H3/b10-5+. The van der Waals surface area contributed by atoms with Crippen LogP contribution in [0.3, 0.4) is 0 Å². The van der Waals surface area contributed by atoms with E-state index in [0.717, 1.165) is 17.7 Å². The summed E-state index contributed by atoms with van der Waals surface area (Å²) in [5.41, 5.74) is 1.60. The van der Waals surface area contributed by atoms with Crippen molar-refractivity contribution in [1.29, 1.82) is 0 Å². The molecular weight excluding hydrogens is 285 g/mol. The maximum Gasteiger partial charge on any atom is 0.161 e. The van der Waals surface area contributed by atoms with Crippen LogP contribution in [0.5, 0.6) is 5.75 Å². The van der Waals surface area contributed by atoms with E-state index in [2.05, 4.69) is 4.90 Å². The molecule has 1 saturated heterocycles. The molecule has 0 unspecified atom stereocenters. The SMILES string of the molecule is COc1c(Cl)cc(/C=C2\CN(C)CCC2=O)cc1Cl. The fourth-order valence-electron chi connectivity index (χ4n) is 2.10. The molecule has 0 radical (unpaired) electrons. The Kier molecular flexibility index (Phi) is 4.50. The number of ketones is 1. The molecule has 0 amide bonds. The summed E-state index contributed by atoms with van der Waals surface area (Å²) in [5.74, 6) is 0.638. The molecule has 1 aromatic rings. The van der Waals surface area contributed by atoms with Gasteiger partial charge in [0.1, 0.15) is 0 Å². The molecule has 5 heteroatoms. The number of carbonyl (C=O) groups is 1. The van der Waals surface area contributed by atoms with Crippen LogP contribution in [-0.4, -0.2) is 37.9 Å². The highest BCUT2D eigenvalue weighted by atomic mass is 35.5. The van der Waals surface area contributed by atoms with Gasteiger partial charge in [-0.25, -0.2) is 0 Å². The Balaban J connectivity index is 2.34. The first-order chi connectivity index (χ1) is 9.01. The molecule has 0 saturated carbocycles. The molecule has 19 heavy (non-hydrogen) atoms. The zero-order valence-electron chi connectivity index (χ0n) is 10.9. The maximum atomic E-state index is 11.9. The summed E-state index contributed by atoms with van der Waals surface area (Å²) in [5, 5.41) is 0.886. The van der Waals surface area contributed by atoms with Gasteiger partial charge in [0.15, 0.2) is 11.5 Å². The van der Waals surface area contributed by atoms with Gasteiger partial charge >= 0.3 is 0 Å². The van der Waals surface area contributed by atoms with Crippen LogP contribution in [0.25, 0.3) is 6.08 Å². The molecule has 0 N–H and O–H groups in total. The second-order valence-corrected chi connectivity index (χ2v) is 5.41. The summed E-state index contributed by atoms with van der Waals surface area (Å²) >= 11 is 12.2. The fourth-order valence-corrected chi connectivity index (χ4v) is 2.75. The molecule has 0 aliphatic carbocycles. The van der Waals surface area contributed by atoms with E-state index in [9.17, 15) is 4.79 Å². The van der Waals surface area contributed by atoms with Gasteiger partial charge in [0.2, 0.25) is 0 Å². The van der Waals surface area contributed by atoms with E-state index in [1.807, 2.05) is 13.1 Å². The summed E-state index contributed by atoms with van der Waals surface area (Å²) < 4.78 is 5.10. The quantitative estimate of drug-likeness (QED) is 0.785. The fraction of sp³-hybridized carbons (Fsp3) is 0.357. The average Bonchev–Trinajstić information content (AvgIpc) is 2.33. The van der Waals surface area contributed by atoms with Crippen molar-refractivity contribution >= 4 is 35.1 Å². The highest BCUT2D eigenvalue weighted by Crippen LogP contribution is 2.34. The van der Waals surface area contributed by atoms with Crippen LogP contribution in [0.15, 0.2) is 17.7 Å². The monoisotopic (exact) mass is 299 g/mol. The zero-order chi connectivity index (χ0) is 14.0. The first-order valence-electron chi connectivity index (χ1n) is 5.96. The van der Waals surface area contributed by atoms with Gasteiger partial charge in [0.25, 0.3) is 0 Å². The van der Waals surface area contributed by atoms with Gasteiger partial charge < -0.3 is 9.64 Å². The third-order valence-corrected chi connectivity index (χ3v) is 3.65. The zero-order valence-corrected chi connectivity index (χ0v) is 12.4. The molecule has 0 spiro atoms. The number of benzene rings is 1. The normalized spacial score (nSPS) is 18.9. The van der Waals surface area contributed by atoms with Gasteiger partial charge in [-0.2, -0.15) is 0 Å². The third kappa shape index (κ3) is 3.30. The minimum absolute atomic E-state index is 0.182. The van der Waals surface area contributed by atoms with Crippen LogP contribution in [0.2, 0.25) is 10.0 Å². The Morgan fingerprint density at radius 2 is 1.95 bits per heavy atom. The van der Waals surface area contributed by atoms with Gasteiger partial charge in [-0.1, -0.05) is 23.2 Å². The van der Waals surface area contributed by atoms with Crippen LogP contribution in [0.1, 0.15) is 12.0 Å². The second-order valence-electron chi connectivity index (χ2n) is 4.60. The number of hydrogen-bond donors (Lipinski definition) is 0. The molecule has 1 aromatic carbocycles. The number of hydrogen-bond acceptors (Lipinski definition) is 3. The number of likely N-dealkylation sites (tertiary alicyclic amines) is 1. The lowest BCUT2D eigenvalue weighted by Crippen LogP contribution is -2.32. The molecule has 3 nitrogen and oxygen atoms in total. The first-order valence-corrected chi connectivity index (χ1v) is 6.72. The van der Waals surface area contributed by atoms with Crippen molar-refractivity contribution in [3.8, 4) is 5.75 Å². The summed E-state index contributed by atoms with van der Waals surface area (Å²) in [6, 6.07) is 3.50. The number of rotatable bonds is 2. The molecule has 0 atom stereocenters. The summed E-state index contributed by atoms with van der Waals surface area (Å²) in [4.78, 5) is 14.0. The van der Waals surface area contributed by atoms with Crippen molar-refractivity contribution < 1.29 is 9.53 Å². The number of Topliss-reactive ketones (excluding diaryl/α,β-unsaturated/α-hetero) is 1. The van der Waals surface area contributed by atoms with E-state index in [-0.39, 0.29) is 5.78 Å². The van der Waals surface area contributed by atoms with E-state index in [1.165, 1.54) is 7.11 Å². The van der Waals surface area contributed by atoms with Crippen molar-refractivity contribution in [2.75, 3.05) is 27.2 Å². The van der Waals surface area contributed by atoms with Gasteiger partial charge in [0.05, 0.1) is 17.2 Å². The first kappa shape index (κ1) is 14.4. The van der Waals surface area contributed by atoms with Crippen molar-refractivity contribution in [3.63, 3.8) is 0 Å². The minimum atomic E-state index is 0.182. The van der Waals surface area contributed by atoms with Crippen molar-refractivity contribution in [2.45, 2.75) is 6.42 Å². The Morgan fingerprint density at radius 1 is 1.32 bits per heavy atom. The van der Waals surface area contributed by atoms with E-state index in [4.69, 9.17) is 27.9 Å². The molecule has 0 aromatic heterocycles. The molecule has 0 bridgehead atoms. The number of carbonyl (C=O) groups excluding carboxylic acids is 1. The van der Waals surface area contributed by atoms with E-state index < -0.39 is 0 Å². The summed E-state index contributed by atoms with van der Waals surface area (Å²) in [6.45, 7) is 1.46. The number of piperidine rings is 1. The lowest BCUT2D eigenvalue weighted by atomic mass is 10.0. The number of halogens is 2. The number of nitrogens with zero attached hydrogens (tertiary/aromatic N) is 1. The Morgan fingerprint density at radius 3 is 2.53 bits per heavy atom. The number of likely N-dealkylation sites (N-methyl/N-ethyl adjacent to an activating group) is 1. The largest absolute Gasteiger partial charge is 0.494 e. The predicted octanol–water partition coefficient (Wildman–Crippen LogP) is 3.29. The molecule has 102 valence electrons. The Hall–Kier alpha value is -1.03. The predicted molar refractivity (Wildman–Crippen MR) is 78.1 cm³/mol. The van der Waals surface area contributed by atoms with E-state index in [1.54, 1.807) is 12.1 Å². The Bertz CT molecular complexity index is 517. The third-order valence-electron chi connectivity index (χ3n) is 3.08. The van der Waals surface area contributed by atoms with Gasteiger partial charge in [-0.3, -0.25) is 4.79 Å². The highest BCUT2D eigenvalue weighted by molar-refractivity contribution is 6.37. The lowest BCUT2D eigenvalue weighted by Gasteiger charge is -2.23. The van der Waals surface area contributed by atoms with Crippen LogP contribution >= 0.6 is 23.2 Å². The number of methoxy groups -OCH3 is 1. The molecule has 1 fully saturated rings. The van der Waals surface area contributed by atoms with Gasteiger partial charge in [-0.05, 0) is 30.8 Å². The molecule has 2 rings (SSSR count). The lowest BCUT2D eigenvalue weighted by molar-refractivity contribution is -0.117. The second kappa shape index (κ2) is 5.95. The Labute approximate surface area is 122 Å². The topological polar surface area (TPSA) is 29.5 Å². The van der Waals surface area contributed by atoms with E-state index in [0.29, 0.717) is 28.8 Å². The van der Waals surface area contributed by atoms with Crippen molar-refractivity contribution in [1.82, 2.24) is 4.90 Å². The van der Waals surface area contributed by atoms with Crippen LogP contribution in [0, 0.1) is 0 Å². The minimum Gasteiger partial charge on any atom is -0.494 e. The summed E-state index contributed by atoms with van der Waals surface area (Å²) in [7, 11) is 3.51. The van der Waals surface area contributed by atoms with Crippen LogP contribution in [0.4, 0.5) is 0 Å². The van der Waals surface area contributed by atoms with Crippen molar-refractivity contribution in [3.05, 3.63) is 33.3 Å². The number of ether oxygens (including phenoxy) is 1. The smallest absolute Gasteiger partial charge is 0.161 e. The average molecular weight is 300 g/mol. The molecule has 1 heterocycles. The van der Waals surface area contributed by atoms with Gasteiger partial charge in [-0.15, -0.1) is 0 Å². The molecule has 1 aliphatic heterocycles. The maximum absolute atomic E-state index is 11.9. The van der Waals surface area contributed by atoms with E-state index >= 15 is 0 Å². The summed E-state index contributed by atoms with van der Waals surface area (Å²) in [6.07, 6.45) is 2.40. The highest BCUT2D eigenvalue weighted by Gasteiger charge is 2.18. The van der Waals surface area contributed by atoms with Gasteiger partial charge in [0, 0.05) is 25.1 Å². The van der Waals surface area contributed by atoms with Crippen LogP contribution in [-0.2, 0) is 4.79 Å². The van der Waals surface area contributed by atoms with Crippen molar-refractivity contribution in [2.24, 2.45) is 0 Å².